The number of hydrogen-bond acceptors (Lipinski definition) is 4. The molecular formula is C14H20N2O4. The van der Waals surface area contributed by atoms with Gasteiger partial charge in [-0.25, -0.2) is 9.59 Å². The predicted molar refractivity (Wildman–Crippen MR) is 73.4 cm³/mol. The Labute approximate surface area is 118 Å². The lowest BCUT2D eigenvalue weighted by atomic mass is 9.93. The molecule has 1 unspecified atom stereocenters. The third-order valence-corrected chi connectivity index (χ3v) is 2.56. The highest BCUT2D eigenvalue weighted by Crippen LogP contribution is 2.15. The zero-order valence-electron chi connectivity index (χ0n) is 12.1. The quantitative estimate of drug-likeness (QED) is 0.880. The Morgan fingerprint density at radius 3 is 2.25 bits per heavy atom. The molecule has 0 spiro atoms. The van der Waals surface area contributed by atoms with Crippen LogP contribution in [0, 0.1) is 0 Å². The molecule has 1 heterocycles. The smallest absolute Gasteiger partial charge is 0.408 e. The summed E-state index contributed by atoms with van der Waals surface area (Å²) in [6.45, 7) is 6.59. The van der Waals surface area contributed by atoms with Crippen LogP contribution in [-0.2, 0) is 16.0 Å². The molecule has 0 saturated heterocycles. The summed E-state index contributed by atoms with van der Waals surface area (Å²) in [7, 11) is 0. The van der Waals surface area contributed by atoms with Gasteiger partial charge in [0, 0.05) is 18.8 Å². The van der Waals surface area contributed by atoms with Gasteiger partial charge in [0.1, 0.15) is 11.1 Å². The zero-order chi connectivity index (χ0) is 15.4. The number of hydrogen-bond donors (Lipinski definition) is 2. The van der Waals surface area contributed by atoms with Crippen molar-refractivity contribution in [2.75, 3.05) is 0 Å². The van der Waals surface area contributed by atoms with Crippen LogP contribution in [0.4, 0.5) is 4.79 Å². The van der Waals surface area contributed by atoms with Crippen molar-refractivity contribution in [3.05, 3.63) is 30.1 Å². The third kappa shape index (κ3) is 4.87. The Morgan fingerprint density at radius 1 is 1.25 bits per heavy atom. The molecule has 1 aromatic heterocycles. The molecule has 0 saturated carbocycles. The van der Waals surface area contributed by atoms with E-state index in [9.17, 15) is 14.7 Å². The first-order valence-electron chi connectivity index (χ1n) is 6.26. The number of carboxylic acids is 1. The number of aromatic nitrogens is 1. The van der Waals surface area contributed by atoms with Crippen LogP contribution in [0.5, 0.6) is 0 Å². The summed E-state index contributed by atoms with van der Waals surface area (Å²) in [5.74, 6) is -1.12. The molecule has 1 rings (SSSR count). The van der Waals surface area contributed by atoms with Gasteiger partial charge in [0.2, 0.25) is 0 Å². The van der Waals surface area contributed by atoms with Gasteiger partial charge in [-0.1, -0.05) is 0 Å². The van der Waals surface area contributed by atoms with E-state index in [4.69, 9.17) is 4.74 Å². The highest BCUT2D eigenvalue weighted by atomic mass is 16.6. The summed E-state index contributed by atoms with van der Waals surface area (Å²) in [6, 6.07) is 3.41. The summed E-state index contributed by atoms with van der Waals surface area (Å²) < 4.78 is 5.10. The van der Waals surface area contributed by atoms with Crippen molar-refractivity contribution in [2.24, 2.45) is 0 Å². The number of nitrogens with one attached hydrogen (secondary N) is 1. The SMILES string of the molecule is CC(C)(C)OC(=O)NC(C)(Cc1ccncc1)C(=O)O. The van der Waals surface area contributed by atoms with Gasteiger partial charge in [-0.3, -0.25) is 4.98 Å². The van der Waals surface area contributed by atoms with Gasteiger partial charge in [0.25, 0.3) is 0 Å². The number of amides is 1. The number of alkyl carbamates (subject to hydrolysis) is 1. The molecule has 0 fully saturated rings. The van der Waals surface area contributed by atoms with Crippen LogP contribution < -0.4 is 5.32 Å². The monoisotopic (exact) mass is 280 g/mol. The fourth-order valence-electron chi connectivity index (χ4n) is 1.61. The minimum absolute atomic E-state index is 0.143. The van der Waals surface area contributed by atoms with Crippen LogP contribution in [0.25, 0.3) is 0 Å². The van der Waals surface area contributed by atoms with Crippen molar-refractivity contribution in [3.63, 3.8) is 0 Å². The van der Waals surface area contributed by atoms with E-state index in [1.54, 1.807) is 45.3 Å². The highest BCUT2D eigenvalue weighted by molar-refractivity contribution is 5.84. The number of pyridine rings is 1. The maximum atomic E-state index is 11.8. The van der Waals surface area contributed by atoms with Crippen molar-refractivity contribution in [1.29, 1.82) is 0 Å². The second-order valence-electron chi connectivity index (χ2n) is 5.80. The molecule has 0 bridgehead atoms. The highest BCUT2D eigenvalue weighted by Gasteiger charge is 2.36. The molecule has 1 amide bonds. The van der Waals surface area contributed by atoms with E-state index in [2.05, 4.69) is 10.3 Å². The van der Waals surface area contributed by atoms with Crippen LogP contribution in [0.2, 0.25) is 0 Å². The fraction of sp³-hybridized carbons (Fsp3) is 0.500. The van der Waals surface area contributed by atoms with Gasteiger partial charge in [0.05, 0.1) is 0 Å². The number of ether oxygens (including phenoxy) is 1. The molecular weight excluding hydrogens is 260 g/mol. The van der Waals surface area contributed by atoms with Crippen molar-refractivity contribution >= 4 is 12.1 Å². The summed E-state index contributed by atoms with van der Waals surface area (Å²) in [6.07, 6.45) is 2.54. The molecule has 6 heteroatoms. The van der Waals surface area contributed by atoms with Crippen LogP contribution in [0.3, 0.4) is 0 Å². The topological polar surface area (TPSA) is 88.5 Å². The lowest BCUT2D eigenvalue weighted by molar-refractivity contribution is -0.144. The van der Waals surface area contributed by atoms with E-state index in [-0.39, 0.29) is 6.42 Å². The van der Waals surface area contributed by atoms with Crippen LogP contribution in [-0.4, -0.2) is 33.3 Å². The van der Waals surface area contributed by atoms with Gasteiger partial charge in [0.15, 0.2) is 0 Å². The number of nitrogens with zero attached hydrogens (tertiary/aromatic N) is 1. The van der Waals surface area contributed by atoms with E-state index < -0.39 is 23.2 Å². The second kappa shape index (κ2) is 5.90. The van der Waals surface area contributed by atoms with Crippen molar-refractivity contribution in [2.45, 2.75) is 45.3 Å². The van der Waals surface area contributed by atoms with E-state index in [1.165, 1.54) is 6.92 Å². The lowest BCUT2D eigenvalue weighted by Gasteiger charge is -2.28. The standard InChI is InChI=1S/C14H20N2O4/c1-13(2,3)20-12(19)16-14(4,11(17)18)9-10-5-7-15-8-6-10/h5-8H,9H2,1-4H3,(H,16,19)(H,17,18). The van der Waals surface area contributed by atoms with Gasteiger partial charge >= 0.3 is 12.1 Å². The Balaban J connectivity index is 2.82. The van der Waals surface area contributed by atoms with Crippen molar-refractivity contribution < 1.29 is 19.4 Å². The Morgan fingerprint density at radius 2 is 1.80 bits per heavy atom. The summed E-state index contributed by atoms with van der Waals surface area (Å²) in [5, 5.41) is 11.8. The minimum atomic E-state index is -1.44. The summed E-state index contributed by atoms with van der Waals surface area (Å²) in [4.78, 5) is 27.1. The Hall–Kier alpha value is -2.11. The van der Waals surface area contributed by atoms with Crippen molar-refractivity contribution in [1.82, 2.24) is 10.3 Å². The molecule has 2 N–H and O–H groups in total. The molecule has 0 aliphatic carbocycles. The van der Waals surface area contributed by atoms with Crippen LogP contribution in [0.1, 0.15) is 33.3 Å². The Bertz CT molecular complexity index is 482. The predicted octanol–water partition coefficient (Wildman–Crippen LogP) is 1.99. The average molecular weight is 280 g/mol. The molecule has 110 valence electrons. The number of aliphatic carboxylic acids is 1. The molecule has 1 atom stereocenters. The molecule has 1 aromatic rings. The van der Waals surface area contributed by atoms with E-state index in [0.29, 0.717) is 0 Å². The largest absolute Gasteiger partial charge is 0.480 e. The number of carboxylic acid groups (broad SMARTS) is 1. The second-order valence-corrected chi connectivity index (χ2v) is 5.80. The number of carbonyl (C=O) groups excluding carboxylic acids is 1. The average Bonchev–Trinajstić information content (AvgIpc) is 2.26. The summed E-state index contributed by atoms with van der Waals surface area (Å²) >= 11 is 0. The lowest BCUT2D eigenvalue weighted by Crippen LogP contribution is -2.54. The van der Waals surface area contributed by atoms with Crippen LogP contribution in [0.15, 0.2) is 24.5 Å². The van der Waals surface area contributed by atoms with Crippen LogP contribution >= 0.6 is 0 Å². The number of rotatable bonds is 4. The first-order valence-corrected chi connectivity index (χ1v) is 6.26. The molecule has 6 nitrogen and oxygen atoms in total. The molecule has 0 aromatic carbocycles. The third-order valence-electron chi connectivity index (χ3n) is 2.56. The molecule has 20 heavy (non-hydrogen) atoms. The van der Waals surface area contributed by atoms with E-state index >= 15 is 0 Å². The van der Waals surface area contributed by atoms with E-state index in [0.717, 1.165) is 5.56 Å². The molecule has 0 aliphatic heterocycles. The Kier molecular flexibility index (Phi) is 4.70. The normalized spacial score (nSPS) is 14.2. The van der Waals surface area contributed by atoms with Gasteiger partial charge in [-0.15, -0.1) is 0 Å². The maximum absolute atomic E-state index is 11.8. The van der Waals surface area contributed by atoms with Crippen molar-refractivity contribution in [3.8, 4) is 0 Å². The zero-order valence-corrected chi connectivity index (χ0v) is 12.1. The van der Waals surface area contributed by atoms with Gasteiger partial charge in [-0.05, 0) is 45.4 Å². The number of carbonyl (C=O) groups is 2. The van der Waals surface area contributed by atoms with Gasteiger partial charge < -0.3 is 15.2 Å². The minimum Gasteiger partial charge on any atom is -0.480 e. The first-order chi connectivity index (χ1) is 9.12. The van der Waals surface area contributed by atoms with E-state index in [1.807, 2.05) is 0 Å². The fourth-order valence-corrected chi connectivity index (χ4v) is 1.61. The van der Waals surface area contributed by atoms with Gasteiger partial charge in [-0.2, -0.15) is 0 Å². The molecule has 0 aliphatic rings. The molecule has 0 radical (unpaired) electrons. The maximum Gasteiger partial charge on any atom is 0.408 e. The first kappa shape index (κ1) is 15.9. The summed E-state index contributed by atoms with van der Waals surface area (Å²) in [5.41, 5.74) is -1.36.